The van der Waals surface area contributed by atoms with Gasteiger partial charge in [-0.3, -0.25) is 4.79 Å². The van der Waals surface area contributed by atoms with Crippen LogP contribution in [0.2, 0.25) is 0 Å². The number of sulfonamides is 1. The van der Waals surface area contributed by atoms with Crippen LogP contribution >= 0.6 is 0 Å². The molecule has 27 heavy (non-hydrogen) atoms. The molecule has 0 amide bonds. The molecule has 2 heterocycles. The number of ether oxygens (including phenoxy) is 2. The molecule has 1 aromatic carbocycles. The van der Waals surface area contributed by atoms with Crippen LogP contribution in [0.4, 0.5) is 0 Å². The van der Waals surface area contributed by atoms with Gasteiger partial charge < -0.3 is 14.0 Å². The highest BCUT2D eigenvalue weighted by Gasteiger charge is 2.30. The van der Waals surface area contributed by atoms with E-state index in [1.165, 1.54) is 23.5 Å². The fraction of sp³-hybridized carbons (Fsp3) is 0.421. The fourth-order valence-corrected chi connectivity index (χ4v) is 4.60. The lowest BCUT2D eigenvalue weighted by atomic mass is 10.1. The van der Waals surface area contributed by atoms with E-state index in [2.05, 4.69) is 0 Å². The van der Waals surface area contributed by atoms with Crippen LogP contribution in [0.5, 0.6) is 11.5 Å². The molecule has 0 saturated carbocycles. The molecule has 0 N–H and O–H groups in total. The molecule has 3 rings (SSSR count). The smallest absolute Gasteiger partial charge is 0.254 e. The summed E-state index contributed by atoms with van der Waals surface area (Å²) in [5.74, 6) is 1.04. The molecule has 1 saturated heterocycles. The number of aryl methyl sites for hydroxylation is 1. The Morgan fingerprint density at radius 1 is 1.07 bits per heavy atom. The number of aromatic nitrogens is 1. The number of methoxy groups -OCH3 is 1. The molecule has 0 aliphatic carbocycles. The molecule has 0 bridgehead atoms. The van der Waals surface area contributed by atoms with Gasteiger partial charge in [-0.15, -0.1) is 0 Å². The summed E-state index contributed by atoms with van der Waals surface area (Å²) in [4.78, 5) is 12.1. The summed E-state index contributed by atoms with van der Waals surface area (Å²) in [5.41, 5.74) is 0.693. The average molecular weight is 392 g/mol. The Balaban J connectivity index is 1.67. The van der Waals surface area contributed by atoms with Crippen molar-refractivity contribution in [3.05, 3.63) is 52.4 Å². The zero-order valence-electron chi connectivity index (χ0n) is 15.7. The highest BCUT2D eigenvalue weighted by Crippen LogP contribution is 2.25. The molecule has 7 nitrogen and oxygen atoms in total. The fourth-order valence-electron chi connectivity index (χ4n) is 3.10. The minimum absolute atomic E-state index is 0.117. The molecule has 1 aromatic heterocycles. The Labute approximate surface area is 159 Å². The van der Waals surface area contributed by atoms with Crippen LogP contribution < -0.4 is 15.0 Å². The van der Waals surface area contributed by atoms with E-state index in [0.29, 0.717) is 37.4 Å². The van der Waals surface area contributed by atoms with Gasteiger partial charge in [0, 0.05) is 38.0 Å². The van der Waals surface area contributed by atoms with Crippen molar-refractivity contribution in [3.8, 4) is 11.5 Å². The van der Waals surface area contributed by atoms with E-state index < -0.39 is 10.0 Å². The van der Waals surface area contributed by atoms with Crippen molar-refractivity contribution in [2.75, 3.05) is 20.2 Å². The van der Waals surface area contributed by atoms with Crippen LogP contribution in [-0.2, 0) is 17.1 Å². The average Bonchev–Trinajstić information content (AvgIpc) is 2.66. The van der Waals surface area contributed by atoms with Crippen LogP contribution in [0.1, 0.15) is 18.5 Å². The third-order valence-electron chi connectivity index (χ3n) is 4.86. The molecule has 1 aliphatic rings. The van der Waals surface area contributed by atoms with Crippen LogP contribution in [0.3, 0.4) is 0 Å². The van der Waals surface area contributed by atoms with Gasteiger partial charge in [0.25, 0.3) is 5.56 Å². The molecular formula is C19H24N2O5S. The standard InChI is InChI=1S/C19H24N2O5S/c1-14-11-17(13-19(22)20(14)2)26-15-7-9-21(10-8-15)27(23,24)18-6-4-5-16(12-18)25-3/h4-6,11-13,15H,7-10H2,1-3H3. The van der Waals surface area contributed by atoms with Crippen molar-refractivity contribution in [3.63, 3.8) is 0 Å². The zero-order chi connectivity index (χ0) is 19.6. The molecule has 1 aliphatic heterocycles. The van der Waals surface area contributed by atoms with E-state index in [1.54, 1.807) is 29.8 Å². The Morgan fingerprint density at radius 3 is 2.41 bits per heavy atom. The maximum absolute atomic E-state index is 12.8. The lowest BCUT2D eigenvalue weighted by molar-refractivity contribution is 0.134. The quantitative estimate of drug-likeness (QED) is 0.777. The summed E-state index contributed by atoms with van der Waals surface area (Å²) in [6, 6.07) is 9.77. The van der Waals surface area contributed by atoms with Gasteiger partial charge in [-0.25, -0.2) is 8.42 Å². The Kier molecular flexibility index (Phi) is 5.57. The van der Waals surface area contributed by atoms with Crippen molar-refractivity contribution in [2.24, 2.45) is 7.05 Å². The summed E-state index contributed by atoms with van der Waals surface area (Å²) < 4.78 is 39.7. The first kappa shape index (κ1) is 19.4. The number of pyridine rings is 1. The van der Waals surface area contributed by atoms with Gasteiger partial charge in [-0.2, -0.15) is 4.31 Å². The first-order valence-corrected chi connectivity index (χ1v) is 10.2. The van der Waals surface area contributed by atoms with Crippen LogP contribution in [-0.4, -0.2) is 43.6 Å². The van der Waals surface area contributed by atoms with Gasteiger partial charge in [0.05, 0.1) is 12.0 Å². The second kappa shape index (κ2) is 7.74. The zero-order valence-corrected chi connectivity index (χ0v) is 16.5. The number of nitrogens with zero attached hydrogens (tertiary/aromatic N) is 2. The first-order valence-electron chi connectivity index (χ1n) is 8.80. The van der Waals surface area contributed by atoms with E-state index in [1.807, 2.05) is 13.0 Å². The van der Waals surface area contributed by atoms with Gasteiger partial charge in [-0.05, 0) is 38.0 Å². The predicted octanol–water partition coefficient (Wildman–Crippen LogP) is 1.93. The summed E-state index contributed by atoms with van der Waals surface area (Å²) >= 11 is 0. The summed E-state index contributed by atoms with van der Waals surface area (Å²) in [6.45, 7) is 2.58. The number of piperidine rings is 1. The number of hydrogen-bond acceptors (Lipinski definition) is 5. The van der Waals surface area contributed by atoms with Gasteiger partial charge in [0.1, 0.15) is 17.6 Å². The van der Waals surface area contributed by atoms with E-state index in [4.69, 9.17) is 9.47 Å². The third-order valence-corrected chi connectivity index (χ3v) is 6.75. The van der Waals surface area contributed by atoms with Crippen LogP contribution in [0, 0.1) is 6.92 Å². The van der Waals surface area contributed by atoms with E-state index >= 15 is 0 Å². The van der Waals surface area contributed by atoms with Crippen LogP contribution in [0.25, 0.3) is 0 Å². The third kappa shape index (κ3) is 4.17. The summed E-state index contributed by atoms with van der Waals surface area (Å²) in [6.07, 6.45) is 1.02. The minimum Gasteiger partial charge on any atom is -0.497 e. The van der Waals surface area contributed by atoms with Crippen molar-refractivity contribution in [1.29, 1.82) is 0 Å². The van der Waals surface area contributed by atoms with Crippen molar-refractivity contribution in [2.45, 2.75) is 30.8 Å². The van der Waals surface area contributed by atoms with E-state index in [9.17, 15) is 13.2 Å². The topological polar surface area (TPSA) is 77.8 Å². The van der Waals surface area contributed by atoms with Crippen LogP contribution in [0.15, 0.2) is 46.1 Å². The predicted molar refractivity (Wildman–Crippen MR) is 102 cm³/mol. The largest absolute Gasteiger partial charge is 0.497 e. The second-order valence-electron chi connectivity index (χ2n) is 6.63. The number of benzene rings is 1. The molecule has 1 fully saturated rings. The van der Waals surface area contributed by atoms with Gasteiger partial charge in [0.2, 0.25) is 10.0 Å². The van der Waals surface area contributed by atoms with Gasteiger partial charge in [-0.1, -0.05) is 6.07 Å². The van der Waals surface area contributed by atoms with Crippen molar-refractivity contribution < 1.29 is 17.9 Å². The number of rotatable bonds is 5. The Morgan fingerprint density at radius 2 is 1.78 bits per heavy atom. The molecule has 0 radical (unpaired) electrons. The highest BCUT2D eigenvalue weighted by atomic mass is 32.2. The highest BCUT2D eigenvalue weighted by molar-refractivity contribution is 7.89. The molecule has 0 unspecified atom stereocenters. The minimum atomic E-state index is -3.57. The molecular weight excluding hydrogens is 368 g/mol. The SMILES string of the molecule is COc1cccc(S(=O)(=O)N2CCC(Oc3cc(C)n(C)c(=O)c3)CC2)c1. The summed E-state index contributed by atoms with van der Waals surface area (Å²) in [7, 11) is -0.347. The molecule has 0 spiro atoms. The molecule has 146 valence electrons. The molecule has 8 heteroatoms. The number of hydrogen-bond donors (Lipinski definition) is 0. The molecule has 0 atom stereocenters. The maximum Gasteiger partial charge on any atom is 0.254 e. The monoisotopic (exact) mass is 392 g/mol. The van der Waals surface area contributed by atoms with E-state index in [-0.39, 0.29) is 16.6 Å². The van der Waals surface area contributed by atoms with Gasteiger partial charge >= 0.3 is 0 Å². The summed E-state index contributed by atoms with van der Waals surface area (Å²) in [5, 5.41) is 0. The van der Waals surface area contributed by atoms with Gasteiger partial charge in [0.15, 0.2) is 0 Å². The maximum atomic E-state index is 12.8. The van der Waals surface area contributed by atoms with Crippen molar-refractivity contribution >= 4 is 10.0 Å². The normalized spacial score (nSPS) is 16.3. The first-order chi connectivity index (χ1) is 12.8. The Bertz CT molecular complexity index is 976. The molecule has 2 aromatic rings. The lowest BCUT2D eigenvalue weighted by Gasteiger charge is -2.31. The van der Waals surface area contributed by atoms with Crippen molar-refractivity contribution in [1.82, 2.24) is 8.87 Å². The second-order valence-corrected chi connectivity index (χ2v) is 8.57. The lowest BCUT2D eigenvalue weighted by Crippen LogP contribution is -2.41. The van der Waals surface area contributed by atoms with E-state index in [0.717, 1.165) is 5.69 Å². The Hall–Kier alpha value is -2.32.